The first-order chi connectivity index (χ1) is 14.0. The summed E-state index contributed by atoms with van der Waals surface area (Å²) in [6, 6.07) is 16.0. The lowest BCUT2D eigenvalue weighted by molar-refractivity contribution is 0.0577. The Bertz CT molecular complexity index is 879. The van der Waals surface area contributed by atoms with Crippen molar-refractivity contribution in [2.75, 3.05) is 5.32 Å². The number of fused-ring (bicyclic) bond motifs is 2. The fourth-order valence-electron chi connectivity index (χ4n) is 4.72. The van der Waals surface area contributed by atoms with Gasteiger partial charge in [0.25, 0.3) is 5.91 Å². The van der Waals surface area contributed by atoms with Crippen molar-refractivity contribution in [2.45, 2.75) is 64.1 Å². The second kappa shape index (κ2) is 8.27. The van der Waals surface area contributed by atoms with Crippen molar-refractivity contribution in [2.24, 2.45) is 0 Å². The van der Waals surface area contributed by atoms with Gasteiger partial charge in [-0.1, -0.05) is 29.8 Å². The lowest BCUT2D eigenvalue weighted by Gasteiger charge is -2.48. The lowest BCUT2D eigenvalue weighted by Crippen LogP contribution is -2.59. The summed E-state index contributed by atoms with van der Waals surface area (Å²) in [5, 5.41) is 6.27. The van der Waals surface area contributed by atoms with Crippen molar-refractivity contribution < 1.29 is 9.59 Å². The first kappa shape index (κ1) is 19.5. The number of hydrogen-bond acceptors (Lipinski definition) is 2. The molecule has 5 nitrogen and oxygen atoms in total. The molecule has 2 N–H and O–H groups in total. The largest absolute Gasteiger partial charge is 0.349 e. The van der Waals surface area contributed by atoms with Crippen LogP contribution in [0.4, 0.5) is 10.5 Å². The minimum Gasteiger partial charge on any atom is -0.349 e. The molecule has 0 aliphatic carbocycles. The van der Waals surface area contributed by atoms with Gasteiger partial charge < -0.3 is 15.5 Å². The van der Waals surface area contributed by atoms with Gasteiger partial charge in [0.05, 0.1) is 0 Å². The van der Waals surface area contributed by atoms with Gasteiger partial charge in [0.15, 0.2) is 0 Å². The highest BCUT2D eigenvalue weighted by Gasteiger charge is 2.41. The number of amides is 3. The quantitative estimate of drug-likeness (QED) is 0.800. The van der Waals surface area contributed by atoms with Crippen LogP contribution >= 0.6 is 0 Å². The number of hydrogen-bond donors (Lipinski definition) is 2. The van der Waals surface area contributed by atoms with Crippen LogP contribution in [-0.4, -0.2) is 35.0 Å². The van der Waals surface area contributed by atoms with Crippen LogP contribution in [-0.2, 0) is 0 Å². The van der Waals surface area contributed by atoms with E-state index in [0.717, 1.165) is 48.9 Å². The zero-order chi connectivity index (χ0) is 20.4. The van der Waals surface area contributed by atoms with Crippen molar-refractivity contribution >= 4 is 17.6 Å². The molecule has 0 aromatic heterocycles. The van der Waals surface area contributed by atoms with Crippen molar-refractivity contribution in [1.82, 2.24) is 10.2 Å². The normalized spacial score (nSPS) is 23.4. The van der Waals surface area contributed by atoms with Gasteiger partial charge in [-0.2, -0.15) is 0 Å². The number of carbonyl (C=O) groups is 2. The van der Waals surface area contributed by atoms with Crippen molar-refractivity contribution in [3.8, 4) is 0 Å². The summed E-state index contributed by atoms with van der Waals surface area (Å²) in [5.74, 6) is -0.0225. The number of urea groups is 1. The Hall–Kier alpha value is -2.82. The third kappa shape index (κ3) is 4.44. The number of anilines is 1. The molecule has 2 aliphatic heterocycles. The van der Waals surface area contributed by atoms with E-state index in [4.69, 9.17) is 0 Å². The van der Waals surface area contributed by atoms with E-state index in [1.54, 1.807) is 0 Å². The molecule has 2 bridgehead atoms. The second-order valence-electron chi connectivity index (χ2n) is 8.45. The fraction of sp³-hybridized carbons (Fsp3) is 0.417. The Morgan fingerprint density at radius 3 is 2.28 bits per heavy atom. The Kier molecular flexibility index (Phi) is 5.56. The van der Waals surface area contributed by atoms with Gasteiger partial charge in [0.2, 0.25) is 0 Å². The van der Waals surface area contributed by atoms with Crippen LogP contribution in [0.25, 0.3) is 0 Å². The summed E-state index contributed by atoms with van der Waals surface area (Å²) in [6.07, 6.45) is 4.76. The molecule has 2 aromatic rings. The highest BCUT2D eigenvalue weighted by Crippen LogP contribution is 2.34. The van der Waals surface area contributed by atoms with Crippen LogP contribution in [0.15, 0.2) is 48.5 Å². The van der Waals surface area contributed by atoms with Crippen molar-refractivity contribution in [3.63, 3.8) is 0 Å². The van der Waals surface area contributed by atoms with Crippen LogP contribution in [0.3, 0.4) is 0 Å². The van der Waals surface area contributed by atoms with Gasteiger partial charge >= 0.3 is 6.03 Å². The lowest BCUT2D eigenvalue weighted by atomic mass is 9.82. The number of aryl methyl sites for hydroxylation is 2. The van der Waals surface area contributed by atoms with E-state index in [2.05, 4.69) is 10.6 Å². The molecule has 0 saturated carbocycles. The predicted octanol–water partition coefficient (Wildman–Crippen LogP) is 4.65. The van der Waals surface area contributed by atoms with E-state index in [-0.39, 0.29) is 30.1 Å². The Balaban J connectivity index is 1.41. The summed E-state index contributed by atoms with van der Waals surface area (Å²) in [6.45, 7) is 4.03. The summed E-state index contributed by atoms with van der Waals surface area (Å²) in [7, 11) is 0. The third-order valence-corrected chi connectivity index (χ3v) is 6.13. The number of piperidine rings is 2. The highest BCUT2D eigenvalue weighted by atomic mass is 16.2. The number of rotatable bonds is 3. The molecule has 4 rings (SSSR count). The molecule has 29 heavy (non-hydrogen) atoms. The standard InChI is InChI=1S/C24H29N3O2/c1-16-9-11-18(12-10-16)23(28)25-20-14-21-7-4-8-22(15-20)27(21)24(29)26-19-6-3-5-17(2)13-19/h3,5-6,9-13,20-22H,4,7-8,14-15H2,1-2H3,(H,25,28)(H,26,29)/t20?,21-,22+. The van der Waals surface area contributed by atoms with Crippen LogP contribution < -0.4 is 10.6 Å². The average Bonchev–Trinajstić information content (AvgIpc) is 2.67. The number of carbonyl (C=O) groups excluding carboxylic acids is 2. The maximum absolute atomic E-state index is 13.0. The molecule has 2 heterocycles. The highest BCUT2D eigenvalue weighted by molar-refractivity contribution is 5.94. The summed E-state index contributed by atoms with van der Waals surface area (Å²) in [5.41, 5.74) is 3.80. The smallest absolute Gasteiger partial charge is 0.322 e. The summed E-state index contributed by atoms with van der Waals surface area (Å²) < 4.78 is 0. The third-order valence-electron chi connectivity index (χ3n) is 6.13. The molecule has 3 amide bonds. The molecule has 2 fully saturated rings. The van der Waals surface area contributed by atoms with E-state index in [0.29, 0.717) is 5.56 Å². The summed E-state index contributed by atoms with van der Waals surface area (Å²) in [4.78, 5) is 27.7. The van der Waals surface area contributed by atoms with Gasteiger partial charge in [-0.05, 0) is 75.8 Å². The van der Waals surface area contributed by atoms with E-state index in [9.17, 15) is 9.59 Å². The number of nitrogens with zero attached hydrogens (tertiary/aromatic N) is 1. The molecular weight excluding hydrogens is 362 g/mol. The van der Waals surface area contributed by atoms with E-state index in [1.165, 1.54) is 0 Å². The molecule has 5 heteroatoms. The number of nitrogens with one attached hydrogen (secondary N) is 2. The van der Waals surface area contributed by atoms with Gasteiger partial charge in [-0.25, -0.2) is 4.79 Å². The molecule has 2 saturated heterocycles. The molecule has 0 radical (unpaired) electrons. The molecule has 2 aromatic carbocycles. The maximum Gasteiger partial charge on any atom is 0.322 e. The van der Waals surface area contributed by atoms with Gasteiger partial charge in [-0.15, -0.1) is 0 Å². The van der Waals surface area contributed by atoms with Crippen molar-refractivity contribution in [3.05, 3.63) is 65.2 Å². The maximum atomic E-state index is 13.0. The Labute approximate surface area is 172 Å². The second-order valence-corrected chi connectivity index (χ2v) is 8.45. The van der Waals surface area contributed by atoms with Gasteiger partial charge in [-0.3, -0.25) is 4.79 Å². The monoisotopic (exact) mass is 391 g/mol. The van der Waals surface area contributed by atoms with Gasteiger partial charge in [0.1, 0.15) is 0 Å². The molecule has 1 unspecified atom stereocenters. The van der Waals surface area contributed by atoms with Crippen LogP contribution in [0, 0.1) is 13.8 Å². The first-order valence-electron chi connectivity index (χ1n) is 10.5. The minimum atomic E-state index is -0.0225. The Morgan fingerprint density at radius 1 is 0.931 bits per heavy atom. The van der Waals surface area contributed by atoms with Crippen LogP contribution in [0.1, 0.15) is 53.6 Å². The zero-order valence-corrected chi connectivity index (χ0v) is 17.2. The summed E-state index contributed by atoms with van der Waals surface area (Å²) >= 11 is 0. The average molecular weight is 392 g/mol. The van der Waals surface area contributed by atoms with Gasteiger partial charge in [0, 0.05) is 29.4 Å². The van der Waals surface area contributed by atoms with E-state index < -0.39 is 0 Å². The Morgan fingerprint density at radius 2 is 1.62 bits per heavy atom. The topological polar surface area (TPSA) is 61.4 Å². The predicted molar refractivity (Wildman–Crippen MR) is 115 cm³/mol. The first-order valence-corrected chi connectivity index (χ1v) is 10.5. The van der Waals surface area contributed by atoms with E-state index >= 15 is 0 Å². The zero-order valence-electron chi connectivity index (χ0n) is 17.2. The van der Waals surface area contributed by atoms with Crippen LogP contribution in [0.2, 0.25) is 0 Å². The molecule has 0 spiro atoms. The van der Waals surface area contributed by atoms with Crippen molar-refractivity contribution in [1.29, 1.82) is 0 Å². The molecular formula is C24H29N3O2. The minimum absolute atomic E-state index is 0.0198. The molecule has 2 aliphatic rings. The fourth-order valence-corrected chi connectivity index (χ4v) is 4.72. The number of benzene rings is 2. The van der Waals surface area contributed by atoms with E-state index in [1.807, 2.05) is 67.3 Å². The molecule has 152 valence electrons. The molecule has 3 atom stereocenters. The van der Waals surface area contributed by atoms with Crippen LogP contribution in [0.5, 0.6) is 0 Å². The SMILES string of the molecule is Cc1ccc(C(=O)NC2C[C@H]3CCC[C@@H](C2)N3C(=O)Nc2cccc(C)c2)cc1.